The van der Waals surface area contributed by atoms with E-state index in [9.17, 15) is 18.0 Å². The number of nitrogens with one attached hydrogen (secondary N) is 1. The van der Waals surface area contributed by atoms with Crippen molar-refractivity contribution in [3.05, 3.63) is 54.1 Å². The number of fused-ring (bicyclic) bond motifs is 1. The Morgan fingerprint density at radius 1 is 1.17 bits per heavy atom. The molecule has 36 heavy (non-hydrogen) atoms. The Morgan fingerprint density at radius 3 is 2.53 bits per heavy atom. The third kappa shape index (κ3) is 6.19. The number of esters is 1. The lowest BCUT2D eigenvalue weighted by Gasteiger charge is -2.40. The Kier molecular flexibility index (Phi) is 7.02. The Labute approximate surface area is 208 Å². The predicted octanol–water partition coefficient (Wildman–Crippen LogP) is 7.25. The largest absolute Gasteiger partial charge is 0.573 e. The van der Waals surface area contributed by atoms with Gasteiger partial charge in [-0.15, -0.1) is 13.2 Å². The van der Waals surface area contributed by atoms with Gasteiger partial charge in [-0.05, 0) is 78.6 Å². The fourth-order valence-electron chi connectivity index (χ4n) is 5.27. The smallest absolute Gasteiger partial charge is 0.466 e. The number of aromatic nitrogens is 2. The molecule has 6 nitrogen and oxygen atoms in total. The van der Waals surface area contributed by atoms with Crippen LogP contribution in [0.4, 0.5) is 24.8 Å². The van der Waals surface area contributed by atoms with Gasteiger partial charge < -0.3 is 19.4 Å². The van der Waals surface area contributed by atoms with E-state index >= 15 is 0 Å². The molecule has 0 spiro atoms. The molecule has 2 atom stereocenters. The molecule has 0 saturated heterocycles. The number of imidazole rings is 1. The average molecular weight is 502 g/mol. The average Bonchev–Trinajstić information content (AvgIpc) is 3.13. The van der Waals surface area contributed by atoms with Crippen LogP contribution in [-0.4, -0.2) is 29.0 Å². The highest BCUT2D eigenvalue weighted by atomic mass is 19.4. The first-order valence-corrected chi connectivity index (χ1v) is 11.8. The molecule has 2 aromatic carbocycles. The van der Waals surface area contributed by atoms with Crippen molar-refractivity contribution in [2.75, 3.05) is 12.4 Å². The number of carbonyl (C=O) groups excluding carboxylic acids is 1. The molecule has 0 aliphatic heterocycles. The minimum atomic E-state index is -4.74. The normalized spacial score (nSPS) is 20.0. The van der Waals surface area contributed by atoms with E-state index in [0.717, 1.165) is 35.9 Å². The van der Waals surface area contributed by atoms with Gasteiger partial charge in [-0.1, -0.05) is 26.8 Å². The molecule has 1 aliphatic carbocycles. The second kappa shape index (κ2) is 9.87. The van der Waals surface area contributed by atoms with E-state index in [1.165, 1.54) is 37.5 Å². The number of rotatable bonds is 6. The minimum absolute atomic E-state index is 0.163. The fraction of sp³-hybridized carbons (Fsp3) is 0.407. The first kappa shape index (κ1) is 25.6. The molecule has 4 rings (SSSR count). The van der Waals surface area contributed by atoms with Crippen LogP contribution in [-0.2, 0) is 9.53 Å². The number of alkyl halides is 3. The van der Waals surface area contributed by atoms with E-state index < -0.39 is 12.3 Å². The van der Waals surface area contributed by atoms with Gasteiger partial charge in [-0.3, -0.25) is 0 Å². The quantitative estimate of drug-likeness (QED) is 0.285. The van der Waals surface area contributed by atoms with Crippen LogP contribution in [0.25, 0.3) is 17.1 Å². The summed E-state index contributed by atoms with van der Waals surface area (Å²) in [5, 5.41) is 3.29. The Bertz CT molecular complexity index is 1260. The molecule has 192 valence electrons. The van der Waals surface area contributed by atoms with Crippen LogP contribution >= 0.6 is 0 Å². The molecule has 0 bridgehead atoms. The van der Waals surface area contributed by atoms with Crippen molar-refractivity contribution in [1.29, 1.82) is 0 Å². The molecule has 9 heteroatoms. The van der Waals surface area contributed by atoms with Crippen molar-refractivity contribution in [2.24, 2.45) is 11.3 Å². The van der Waals surface area contributed by atoms with E-state index in [0.29, 0.717) is 17.6 Å². The maximum Gasteiger partial charge on any atom is 0.573 e. The summed E-state index contributed by atoms with van der Waals surface area (Å²) in [4.78, 5) is 16.3. The lowest BCUT2D eigenvalue weighted by molar-refractivity contribution is -0.274. The van der Waals surface area contributed by atoms with Gasteiger partial charge in [0.25, 0.3) is 0 Å². The summed E-state index contributed by atoms with van der Waals surface area (Å²) in [5.41, 5.74) is 3.25. The SMILES string of the molecule is COC(=O)/C=C/c1ccc2c(c1)nc(Nc1ccc(OC(F)(F)F)cc1)n2C1CC(C)CC(C)(C)C1. The highest BCUT2D eigenvalue weighted by Crippen LogP contribution is 2.46. The number of nitrogens with zero attached hydrogens (tertiary/aromatic N) is 2. The molecule has 1 N–H and O–H groups in total. The van der Waals surface area contributed by atoms with Crippen molar-refractivity contribution < 1.29 is 27.4 Å². The number of halogens is 3. The van der Waals surface area contributed by atoms with Crippen molar-refractivity contribution in [1.82, 2.24) is 9.55 Å². The summed E-state index contributed by atoms with van der Waals surface area (Å²) in [6.45, 7) is 6.81. The van der Waals surface area contributed by atoms with Crippen LogP contribution in [0.15, 0.2) is 48.5 Å². The molecule has 0 radical (unpaired) electrons. The first-order chi connectivity index (χ1) is 16.9. The molecule has 1 aromatic heterocycles. The number of benzene rings is 2. The monoisotopic (exact) mass is 501 g/mol. The standard InChI is InChI=1S/C27H30F3N3O3/c1-17-13-20(16-26(2,3)15-17)33-23-11-5-18(6-12-24(34)35-4)14-22(23)32-25(33)31-19-7-9-21(10-8-19)36-27(28,29)30/h5-12,14,17,20H,13,15-16H2,1-4H3,(H,31,32)/b12-6+. The number of carbonyl (C=O) groups is 1. The topological polar surface area (TPSA) is 65.4 Å². The number of ether oxygens (including phenoxy) is 2. The van der Waals surface area contributed by atoms with E-state index in [4.69, 9.17) is 4.98 Å². The Balaban J connectivity index is 1.72. The van der Waals surface area contributed by atoms with Gasteiger partial charge in [-0.25, -0.2) is 9.78 Å². The second-order valence-corrected chi connectivity index (χ2v) is 10.2. The van der Waals surface area contributed by atoms with Gasteiger partial charge >= 0.3 is 12.3 Å². The zero-order valence-corrected chi connectivity index (χ0v) is 20.7. The van der Waals surface area contributed by atoms with Crippen molar-refractivity contribution in [2.45, 2.75) is 52.4 Å². The summed E-state index contributed by atoms with van der Waals surface area (Å²) in [5.74, 6) is 0.411. The Hall–Kier alpha value is -3.49. The summed E-state index contributed by atoms with van der Waals surface area (Å²) >= 11 is 0. The van der Waals surface area contributed by atoms with Gasteiger partial charge in [0, 0.05) is 17.8 Å². The van der Waals surface area contributed by atoms with Gasteiger partial charge in [0.1, 0.15) is 5.75 Å². The summed E-state index contributed by atoms with van der Waals surface area (Å²) in [7, 11) is 1.32. The van der Waals surface area contributed by atoms with Crippen molar-refractivity contribution in [3.63, 3.8) is 0 Å². The number of hydrogen-bond donors (Lipinski definition) is 1. The maximum atomic E-state index is 12.5. The Morgan fingerprint density at radius 2 is 1.89 bits per heavy atom. The van der Waals surface area contributed by atoms with Gasteiger partial charge in [0.2, 0.25) is 5.95 Å². The lowest BCUT2D eigenvalue weighted by Crippen LogP contribution is -2.29. The third-order valence-electron chi connectivity index (χ3n) is 6.40. The van der Waals surface area contributed by atoms with Crippen LogP contribution < -0.4 is 10.1 Å². The van der Waals surface area contributed by atoms with Crippen LogP contribution in [0.1, 0.15) is 51.6 Å². The van der Waals surface area contributed by atoms with Gasteiger partial charge in [0.15, 0.2) is 0 Å². The molecule has 1 fully saturated rings. The molecule has 1 heterocycles. The highest BCUT2D eigenvalue weighted by molar-refractivity contribution is 5.88. The van der Waals surface area contributed by atoms with E-state index in [2.05, 4.69) is 40.1 Å². The van der Waals surface area contributed by atoms with E-state index in [-0.39, 0.29) is 17.2 Å². The van der Waals surface area contributed by atoms with Crippen LogP contribution in [0.3, 0.4) is 0 Å². The van der Waals surface area contributed by atoms with Crippen molar-refractivity contribution in [3.8, 4) is 5.75 Å². The summed E-state index contributed by atoms with van der Waals surface area (Å²) in [6, 6.07) is 11.6. The molecular formula is C27H30F3N3O3. The lowest BCUT2D eigenvalue weighted by atomic mass is 9.70. The zero-order chi connectivity index (χ0) is 26.1. The number of methoxy groups -OCH3 is 1. The second-order valence-electron chi connectivity index (χ2n) is 10.2. The highest BCUT2D eigenvalue weighted by Gasteiger charge is 2.35. The number of hydrogen-bond acceptors (Lipinski definition) is 5. The van der Waals surface area contributed by atoms with Crippen LogP contribution in [0.5, 0.6) is 5.75 Å². The zero-order valence-electron chi connectivity index (χ0n) is 20.7. The predicted molar refractivity (Wildman–Crippen MR) is 133 cm³/mol. The van der Waals surface area contributed by atoms with Gasteiger partial charge in [0.05, 0.1) is 18.1 Å². The minimum Gasteiger partial charge on any atom is -0.466 e. The fourth-order valence-corrected chi connectivity index (χ4v) is 5.27. The third-order valence-corrected chi connectivity index (χ3v) is 6.40. The summed E-state index contributed by atoms with van der Waals surface area (Å²) < 4.78 is 48.4. The van der Waals surface area contributed by atoms with E-state index in [1.54, 1.807) is 6.08 Å². The van der Waals surface area contributed by atoms with Gasteiger partial charge in [-0.2, -0.15) is 0 Å². The van der Waals surface area contributed by atoms with Crippen LogP contribution in [0, 0.1) is 11.3 Å². The molecule has 1 saturated carbocycles. The molecular weight excluding hydrogens is 471 g/mol. The molecule has 1 aliphatic rings. The first-order valence-electron chi connectivity index (χ1n) is 11.8. The molecule has 2 unspecified atom stereocenters. The maximum absolute atomic E-state index is 12.5. The summed E-state index contributed by atoms with van der Waals surface area (Å²) in [6.07, 6.45) is 1.39. The van der Waals surface area contributed by atoms with E-state index in [1.807, 2.05) is 18.2 Å². The molecule has 0 amide bonds. The molecule has 3 aromatic rings. The van der Waals surface area contributed by atoms with Crippen LogP contribution in [0.2, 0.25) is 0 Å². The number of anilines is 2. The van der Waals surface area contributed by atoms with Crippen molar-refractivity contribution >= 4 is 34.7 Å².